The summed E-state index contributed by atoms with van der Waals surface area (Å²) >= 11 is 0. The van der Waals surface area contributed by atoms with Gasteiger partial charge in [-0.2, -0.15) is 5.10 Å². The Balaban J connectivity index is 2.15. The van der Waals surface area contributed by atoms with Gasteiger partial charge < -0.3 is 11.1 Å². The Bertz CT molecular complexity index is 587. The van der Waals surface area contributed by atoms with Crippen molar-refractivity contribution in [2.24, 2.45) is 5.73 Å². The Kier molecular flexibility index (Phi) is 3.90. The molecule has 2 rings (SSSR count). The average molecular weight is 272 g/mol. The van der Waals surface area contributed by atoms with Crippen molar-refractivity contribution in [1.82, 2.24) is 15.1 Å². The molecular weight excluding hydrogens is 252 g/mol. The maximum atomic E-state index is 12.2. The van der Waals surface area contributed by atoms with Crippen LogP contribution in [0.4, 0.5) is 0 Å². The summed E-state index contributed by atoms with van der Waals surface area (Å²) in [6.45, 7) is 5.67. The van der Waals surface area contributed by atoms with Crippen molar-refractivity contribution in [2.45, 2.75) is 32.4 Å². The second-order valence-electron chi connectivity index (χ2n) is 5.47. The molecule has 1 aromatic carbocycles. The molecule has 1 unspecified atom stereocenters. The fraction of sp³-hybridized carbons (Fsp3) is 0.333. The van der Waals surface area contributed by atoms with Gasteiger partial charge in [0.25, 0.3) is 5.91 Å². The number of hydrogen-bond donors (Lipinski definition) is 2. The van der Waals surface area contributed by atoms with Gasteiger partial charge in [0.15, 0.2) is 0 Å². The lowest BCUT2D eigenvalue weighted by atomic mass is 9.96. The number of carbonyl (C=O) groups is 1. The summed E-state index contributed by atoms with van der Waals surface area (Å²) in [6.07, 6.45) is 3.27. The number of amides is 1. The monoisotopic (exact) mass is 272 g/mol. The van der Waals surface area contributed by atoms with E-state index in [2.05, 4.69) is 10.4 Å². The quantitative estimate of drug-likeness (QED) is 0.890. The van der Waals surface area contributed by atoms with Crippen LogP contribution in [0.1, 0.15) is 31.1 Å². The third-order valence-corrected chi connectivity index (χ3v) is 3.44. The molecule has 0 fully saturated rings. The highest BCUT2D eigenvalue weighted by Crippen LogP contribution is 2.11. The third-order valence-electron chi connectivity index (χ3n) is 3.44. The number of carbonyl (C=O) groups excluding carboxylic acids is 1. The van der Waals surface area contributed by atoms with Gasteiger partial charge in [-0.15, -0.1) is 0 Å². The Morgan fingerprint density at radius 1 is 1.35 bits per heavy atom. The first-order valence-electron chi connectivity index (χ1n) is 6.58. The highest BCUT2D eigenvalue weighted by molar-refractivity contribution is 5.94. The van der Waals surface area contributed by atoms with Gasteiger partial charge in [-0.25, -0.2) is 4.68 Å². The lowest BCUT2D eigenvalue weighted by Gasteiger charge is -2.30. The molecule has 20 heavy (non-hydrogen) atoms. The molecule has 3 N–H and O–H groups in total. The maximum absolute atomic E-state index is 12.2. The molecule has 1 amide bonds. The van der Waals surface area contributed by atoms with Crippen LogP contribution in [0, 0.1) is 0 Å². The molecule has 106 valence electrons. The molecule has 0 aliphatic rings. The number of nitrogens with one attached hydrogen (secondary N) is 1. The Labute approximate surface area is 118 Å². The fourth-order valence-electron chi connectivity index (χ4n) is 1.64. The minimum atomic E-state index is -0.466. The predicted octanol–water partition coefficient (Wildman–Crippen LogP) is 1.73. The van der Waals surface area contributed by atoms with Crippen LogP contribution < -0.4 is 11.1 Å². The SMILES string of the molecule is CC(N)C(C)(C)NC(=O)c1cnn(-c2ccccc2)c1. The molecule has 0 aliphatic heterocycles. The van der Waals surface area contributed by atoms with E-state index in [9.17, 15) is 4.79 Å². The first-order chi connectivity index (χ1) is 9.40. The van der Waals surface area contributed by atoms with Crippen molar-refractivity contribution in [2.75, 3.05) is 0 Å². The van der Waals surface area contributed by atoms with E-state index in [0.717, 1.165) is 5.69 Å². The van der Waals surface area contributed by atoms with Crippen molar-refractivity contribution in [1.29, 1.82) is 0 Å². The largest absolute Gasteiger partial charge is 0.346 e. The van der Waals surface area contributed by atoms with Crippen LogP contribution in [0.25, 0.3) is 5.69 Å². The van der Waals surface area contributed by atoms with Gasteiger partial charge in [0, 0.05) is 17.8 Å². The molecule has 0 spiro atoms. The van der Waals surface area contributed by atoms with E-state index in [1.54, 1.807) is 17.1 Å². The Morgan fingerprint density at radius 3 is 2.60 bits per heavy atom. The third kappa shape index (κ3) is 3.05. The molecule has 2 aromatic rings. The molecule has 0 saturated carbocycles. The molecule has 1 heterocycles. The minimum absolute atomic E-state index is 0.143. The summed E-state index contributed by atoms with van der Waals surface area (Å²) < 4.78 is 1.67. The minimum Gasteiger partial charge on any atom is -0.346 e. The van der Waals surface area contributed by atoms with Crippen LogP contribution in [0.3, 0.4) is 0 Å². The van der Waals surface area contributed by atoms with Crippen molar-refractivity contribution in [3.63, 3.8) is 0 Å². The molecule has 0 bridgehead atoms. The van der Waals surface area contributed by atoms with Crippen LogP contribution in [0.5, 0.6) is 0 Å². The summed E-state index contributed by atoms with van der Waals surface area (Å²) in [5, 5.41) is 7.13. The van der Waals surface area contributed by atoms with Crippen LogP contribution in [0.2, 0.25) is 0 Å². The molecule has 0 saturated heterocycles. The van der Waals surface area contributed by atoms with Crippen molar-refractivity contribution < 1.29 is 4.79 Å². The van der Waals surface area contributed by atoms with Crippen molar-refractivity contribution in [3.05, 3.63) is 48.3 Å². The van der Waals surface area contributed by atoms with Crippen LogP contribution in [0.15, 0.2) is 42.7 Å². The topological polar surface area (TPSA) is 72.9 Å². The molecule has 1 atom stereocenters. The smallest absolute Gasteiger partial charge is 0.254 e. The van der Waals surface area contributed by atoms with E-state index in [1.807, 2.05) is 51.1 Å². The number of benzene rings is 1. The van der Waals surface area contributed by atoms with E-state index >= 15 is 0 Å². The van der Waals surface area contributed by atoms with Crippen LogP contribution >= 0.6 is 0 Å². The van der Waals surface area contributed by atoms with Crippen LogP contribution in [-0.4, -0.2) is 27.3 Å². The first-order valence-corrected chi connectivity index (χ1v) is 6.58. The zero-order valence-electron chi connectivity index (χ0n) is 12.0. The first kappa shape index (κ1) is 14.3. The molecule has 5 nitrogen and oxygen atoms in total. The second kappa shape index (κ2) is 5.46. The zero-order chi connectivity index (χ0) is 14.8. The number of hydrogen-bond acceptors (Lipinski definition) is 3. The number of nitrogens with zero attached hydrogens (tertiary/aromatic N) is 2. The van der Waals surface area contributed by atoms with E-state index in [0.29, 0.717) is 5.56 Å². The van der Waals surface area contributed by atoms with Gasteiger partial charge in [0.1, 0.15) is 0 Å². The fourth-order valence-corrected chi connectivity index (χ4v) is 1.64. The van der Waals surface area contributed by atoms with Gasteiger partial charge in [-0.3, -0.25) is 4.79 Å². The van der Waals surface area contributed by atoms with E-state index < -0.39 is 5.54 Å². The van der Waals surface area contributed by atoms with E-state index in [-0.39, 0.29) is 11.9 Å². The summed E-state index contributed by atoms with van der Waals surface area (Å²) in [4.78, 5) is 12.2. The summed E-state index contributed by atoms with van der Waals surface area (Å²) in [6, 6.07) is 9.51. The highest BCUT2D eigenvalue weighted by atomic mass is 16.1. The van der Waals surface area contributed by atoms with Gasteiger partial charge >= 0.3 is 0 Å². The number of nitrogens with two attached hydrogens (primary N) is 1. The lowest BCUT2D eigenvalue weighted by Crippen LogP contribution is -2.54. The molecular formula is C15H20N4O. The molecule has 1 aromatic heterocycles. The number of aromatic nitrogens is 2. The highest BCUT2D eigenvalue weighted by Gasteiger charge is 2.25. The molecule has 0 aliphatic carbocycles. The predicted molar refractivity (Wildman–Crippen MR) is 78.8 cm³/mol. The molecule has 5 heteroatoms. The van der Waals surface area contributed by atoms with E-state index in [1.165, 1.54) is 0 Å². The maximum Gasteiger partial charge on any atom is 0.254 e. The Morgan fingerprint density at radius 2 is 2.00 bits per heavy atom. The zero-order valence-corrected chi connectivity index (χ0v) is 12.0. The Hall–Kier alpha value is -2.14. The molecule has 0 radical (unpaired) electrons. The van der Waals surface area contributed by atoms with Gasteiger partial charge in [-0.05, 0) is 32.9 Å². The van der Waals surface area contributed by atoms with E-state index in [4.69, 9.17) is 5.73 Å². The number of para-hydroxylation sites is 1. The van der Waals surface area contributed by atoms with Crippen molar-refractivity contribution in [3.8, 4) is 5.69 Å². The van der Waals surface area contributed by atoms with Crippen LogP contribution in [-0.2, 0) is 0 Å². The summed E-state index contributed by atoms with van der Waals surface area (Å²) in [7, 11) is 0. The lowest BCUT2D eigenvalue weighted by molar-refractivity contribution is 0.0903. The van der Waals surface area contributed by atoms with Crippen molar-refractivity contribution >= 4 is 5.91 Å². The summed E-state index contributed by atoms with van der Waals surface area (Å²) in [5.41, 5.74) is 6.82. The normalized spacial score (nSPS) is 13.0. The van der Waals surface area contributed by atoms with Gasteiger partial charge in [0.05, 0.1) is 17.4 Å². The second-order valence-corrected chi connectivity index (χ2v) is 5.47. The average Bonchev–Trinajstić information content (AvgIpc) is 2.88. The van der Waals surface area contributed by atoms with Gasteiger partial charge in [-0.1, -0.05) is 18.2 Å². The number of rotatable bonds is 4. The summed E-state index contributed by atoms with van der Waals surface area (Å²) in [5.74, 6) is -0.172. The van der Waals surface area contributed by atoms with Gasteiger partial charge in [0.2, 0.25) is 0 Å². The standard InChI is InChI=1S/C15H20N4O/c1-11(16)15(2,3)18-14(20)12-9-17-19(10-12)13-7-5-4-6-8-13/h4-11H,16H2,1-3H3,(H,18,20).